The highest BCUT2D eigenvalue weighted by molar-refractivity contribution is 7.10. The monoisotopic (exact) mass is 383 g/mol. The molecule has 1 unspecified atom stereocenters. The second-order valence-electron chi connectivity index (χ2n) is 7.43. The summed E-state index contributed by atoms with van der Waals surface area (Å²) in [6.45, 7) is 1.86. The molecule has 4 rings (SSSR count). The molecule has 2 aliphatic heterocycles. The number of hydrogen-bond acceptors (Lipinski definition) is 4. The van der Waals surface area contributed by atoms with Gasteiger partial charge in [0.2, 0.25) is 11.8 Å². The summed E-state index contributed by atoms with van der Waals surface area (Å²) < 4.78 is 0. The van der Waals surface area contributed by atoms with Crippen molar-refractivity contribution in [3.05, 3.63) is 58.3 Å². The molecule has 0 spiro atoms. The van der Waals surface area contributed by atoms with Gasteiger partial charge in [0, 0.05) is 36.5 Å². The van der Waals surface area contributed by atoms with Crippen molar-refractivity contribution in [3.8, 4) is 0 Å². The summed E-state index contributed by atoms with van der Waals surface area (Å²) in [6.07, 6.45) is 2.01. The Morgan fingerprint density at radius 1 is 1.11 bits per heavy atom. The molecular formula is C21H25N3O2S. The number of amides is 2. The molecule has 0 saturated carbocycles. The van der Waals surface area contributed by atoms with Gasteiger partial charge < -0.3 is 15.5 Å². The Balaban J connectivity index is 1.43. The molecule has 2 N–H and O–H groups in total. The van der Waals surface area contributed by atoms with Crippen LogP contribution in [0.1, 0.15) is 29.2 Å². The van der Waals surface area contributed by atoms with Gasteiger partial charge in [-0.25, -0.2) is 0 Å². The van der Waals surface area contributed by atoms with Crippen LogP contribution in [0.3, 0.4) is 0 Å². The fraction of sp³-hybridized carbons (Fsp3) is 0.429. The smallest absolute Gasteiger partial charge is 0.245 e. The summed E-state index contributed by atoms with van der Waals surface area (Å²) >= 11 is 1.58. The molecule has 5 nitrogen and oxygen atoms in total. The Labute approximate surface area is 163 Å². The largest absolute Gasteiger partial charge is 0.339 e. The maximum absolute atomic E-state index is 13.2. The van der Waals surface area contributed by atoms with Gasteiger partial charge in [0.25, 0.3) is 0 Å². The third kappa shape index (κ3) is 3.77. The lowest BCUT2D eigenvalue weighted by Crippen LogP contribution is -2.48. The summed E-state index contributed by atoms with van der Waals surface area (Å²) in [5, 5.41) is 1.98. The molecule has 3 heterocycles. The average Bonchev–Trinajstić information content (AvgIpc) is 3.42. The van der Waals surface area contributed by atoms with Gasteiger partial charge in [0.1, 0.15) is 6.04 Å². The van der Waals surface area contributed by atoms with Gasteiger partial charge in [0.15, 0.2) is 0 Å². The summed E-state index contributed by atoms with van der Waals surface area (Å²) in [6, 6.07) is 13.7. The minimum atomic E-state index is -0.334. The number of carbonyl (C=O) groups is 2. The molecule has 2 fully saturated rings. The Bertz CT molecular complexity index is 793. The number of rotatable bonds is 4. The van der Waals surface area contributed by atoms with Crippen molar-refractivity contribution in [1.82, 2.24) is 9.80 Å². The maximum atomic E-state index is 13.2. The number of likely N-dealkylation sites (tertiary alicyclic amines) is 2. The standard InChI is InChI=1S/C21H25N3O2S/c22-18-14-23(13-17(18)15-6-2-1-3-7-15)21(26)19-9-4-10-24(19)20(25)12-16-8-5-11-27-16/h1-3,5-8,11,17-19H,4,9-10,12-14,22H2/t17-,18+,19?/m0/s1. The van der Waals surface area contributed by atoms with Crippen molar-refractivity contribution in [2.45, 2.75) is 37.3 Å². The Morgan fingerprint density at radius 2 is 1.93 bits per heavy atom. The normalized spacial score (nSPS) is 25.1. The fourth-order valence-electron chi connectivity index (χ4n) is 4.26. The number of nitrogens with two attached hydrogens (primary N) is 1. The molecule has 2 aromatic rings. The average molecular weight is 384 g/mol. The molecule has 27 heavy (non-hydrogen) atoms. The lowest BCUT2D eigenvalue weighted by atomic mass is 9.95. The van der Waals surface area contributed by atoms with Crippen LogP contribution in [0.25, 0.3) is 0 Å². The molecular weight excluding hydrogens is 358 g/mol. The zero-order chi connectivity index (χ0) is 18.8. The molecule has 0 aliphatic carbocycles. The quantitative estimate of drug-likeness (QED) is 0.880. The van der Waals surface area contributed by atoms with Crippen LogP contribution in [0.4, 0.5) is 0 Å². The Morgan fingerprint density at radius 3 is 2.67 bits per heavy atom. The summed E-state index contributed by atoms with van der Waals surface area (Å²) in [4.78, 5) is 30.6. The number of thiophene rings is 1. The van der Waals surface area contributed by atoms with Crippen molar-refractivity contribution in [2.75, 3.05) is 19.6 Å². The highest BCUT2D eigenvalue weighted by Crippen LogP contribution is 2.29. The molecule has 142 valence electrons. The molecule has 2 saturated heterocycles. The molecule has 6 heteroatoms. The van der Waals surface area contributed by atoms with Gasteiger partial charge in [-0.1, -0.05) is 36.4 Å². The van der Waals surface area contributed by atoms with Gasteiger partial charge in [-0.2, -0.15) is 0 Å². The van der Waals surface area contributed by atoms with E-state index in [0.717, 1.165) is 17.7 Å². The molecule has 2 aliphatic rings. The lowest BCUT2D eigenvalue weighted by Gasteiger charge is -2.28. The van der Waals surface area contributed by atoms with Crippen molar-refractivity contribution < 1.29 is 9.59 Å². The summed E-state index contributed by atoms with van der Waals surface area (Å²) in [5.41, 5.74) is 7.53. The van der Waals surface area contributed by atoms with Gasteiger partial charge in [-0.3, -0.25) is 9.59 Å². The molecule has 2 amide bonds. The van der Waals surface area contributed by atoms with E-state index in [4.69, 9.17) is 5.73 Å². The van der Waals surface area contributed by atoms with Crippen LogP contribution in [0, 0.1) is 0 Å². The van der Waals surface area contributed by atoms with E-state index < -0.39 is 0 Å². The van der Waals surface area contributed by atoms with Crippen LogP contribution < -0.4 is 5.73 Å². The third-order valence-electron chi connectivity index (χ3n) is 5.67. The lowest BCUT2D eigenvalue weighted by molar-refractivity contribution is -0.142. The number of carbonyl (C=O) groups excluding carboxylic acids is 2. The SMILES string of the molecule is N[C@@H]1CN(C(=O)C2CCCN2C(=O)Cc2cccs2)C[C@H]1c1ccccc1. The van der Waals surface area contributed by atoms with Gasteiger partial charge in [-0.05, 0) is 29.9 Å². The Kier molecular flexibility index (Phi) is 5.27. The van der Waals surface area contributed by atoms with Crippen LogP contribution in [-0.4, -0.2) is 53.3 Å². The maximum Gasteiger partial charge on any atom is 0.245 e. The predicted molar refractivity (Wildman–Crippen MR) is 106 cm³/mol. The van der Waals surface area contributed by atoms with Gasteiger partial charge in [0.05, 0.1) is 6.42 Å². The first-order valence-corrected chi connectivity index (χ1v) is 10.4. The van der Waals surface area contributed by atoms with Gasteiger partial charge in [-0.15, -0.1) is 11.3 Å². The minimum absolute atomic E-state index is 0.0522. The van der Waals surface area contributed by atoms with E-state index >= 15 is 0 Å². The van der Waals surface area contributed by atoms with E-state index in [2.05, 4.69) is 12.1 Å². The Hall–Kier alpha value is -2.18. The van der Waals surface area contributed by atoms with Crippen molar-refractivity contribution in [2.24, 2.45) is 5.73 Å². The predicted octanol–water partition coefficient (Wildman–Crippen LogP) is 2.23. The second kappa shape index (κ2) is 7.82. The van der Waals surface area contributed by atoms with Crippen molar-refractivity contribution >= 4 is 23.2 Å². The highest BCUT2D eigenvalue weighted by Gasteiger charge is 2.41. The number of nitrogens with zero attached hydrogens (tertiary/aromatic N) is 2. The number of benzene rings is 1. The van der Waals surface area contributed by atoms with Crippen LogP contribution >= 0.6 is 11.3 Å². The van der Waals surface area contributed by atoms with E-state index in [1.165, 1.54) is 5.56 Å². The fourth-order valence-corrected chi connectivity index (χ4v) is 4.95. The summed E-state index contributed by atoms with van der Waals surface area (Å²) in [5.74, 6) is 0.268. The molecule has 1 aromatic carbocycles. The molecule has 3 atom stereocenters. The van der Waals surface area contributed by atoms with E-state index in [9.17, 15) is 9.59 Å². The second-order valence-corrected chi connectivity index (χ2v) is 8.46. The highest BCUT2D eigenvalue weighted by atomic mass is 32.1. The first kappa shape index (κ1) is 18.2. The summed E-state index contributed by atoms with van der Waals surface area (Å²) in [7, 11) is 0. The van der Waals surface area contributed by atoms with Crippen LogP contribution in [0.15, 0.2) is 47.8 Å². The van der Waals surface area contributed by atoms with Crippen molar-refractivity contribution in [3.63, 3.8) is 0 Å². The molecule has 1 aromatic heterocycles. The topological polar surface area (TPSA) is 66.6 Å². The first-order chi connectivity index (χ1) is 13.1. The first-order valence-electron chi connectivity index (χ1n) is 9.54. The van der Waals surface area contributed by atoms with E-state index in [-0.39, 0.29) is 29.8 Å². The van der Waals surface area contributed by atoms with Crippen molar-refractivity contribution in [1.29, 1.82) is 0 Å². The van der Waals surface area contributed by atoms with Crippen LogP contribution in [0.2, 0.25) is 0 Å². The van der Waals surface area contributed by atoms with E-state index in [1.54, 1.807) is 16.2 Å². The molecule has 0 radical (unpaired) electrons. The van der Waals surface area contributed by atoms with E-state index in [1.807, 2.05) is 40.6 Å². The zero-order valence-electron chi connectivity index (χ0n) is 15.3. The van der Waals surface area contributed by atoms with Crippen LogP contribution in [0.5, 0.6) is 0 Å². The zero-order valence-corrected chi connectivity index (χ0v) is 16.1. The van der Waals surface area contributed by atoms with Crippen LogP contribution in [-0.2, 0) is 16.0 Å². The van der Waals surface area contributed by atoms with E-state index in [0.29, 0.717) is 26.1 Å². The van der Waals surface area contributed by atoms with Gasteiger partial charge >= 0.3 is 0 Å². The number of hydrogen-bond donors (Lipinski definition) is 1. The minimum Gasteiger partial charge on any atom is -0.339 e. The third-order valence-corrected chi connectivity index (χ3v) is 6.54. The molecule has 0 bridgehead atoms.